The van der Waals surface area contributed by atoms with E-state index in [2.05, 4.69) is 45.8 Å². The zero-order chi connectivity index (χ0) is 17.5. The van der Waals surface area contributed by atoms with Crippen molar-refractivity contribution in [2.75, 3.05) is 40.3 Å². The number of para-hydroxylation sites is 1. The molecule has 1 aliphatic heterocycles. The molecule has 1 atom stereocenters. The fraction of sp³-hybridized carbons (Fsp3) is 0.650. The molecule has 25 heavy (non-hydrogen) atoms. The molecule has 0 spiro atoms. The van der Waals surface area contributed by atoms with Gasteiger partial charge in [0.25, 0.3) is 0 Å². The Labute approximate surface area is 151 Å². The lowest BCUT2D eigenvalue weighted by atomic mass is 9.99. The Bertz CT molecular complexity index is 571. The first-order chi connectivity index (χ1) is 12.2. The van der Waals surface area contributed by atoms with Gasteiger partial charge in [-0.15, -0.1) is 0 Å². The molecule has 0 amide bonds. The molecule has 1 aliphatic carbocycles. The molecule has 1 unspecified atom stereocenters. The van der Waals surface area contributed by atoms with Crippen LogP contribution in [-0.4, -0.2) is 51.2 Å². The minimum atomic E-state index is 0.700. The van der Waals surface area contributed by atoms with E-state index >= 15 is 0 Å². The third-order valence-electron chi connectivity index (χ3n) is 5.09. The van der Waals surface area contributed by atoms with E-state index in [1.165, 1.54) is 44.3 Å². The van der Waals surface area contributed by atoms with Gasteiger partial charge in [-0.1, -0.05) is 18.2 Å². The third-order valence-corrected chi connectivity index (χ3v) is 5.09. The molecule has 1 saturated carbocycles. The molecule has 1 aromatic rings. The molecule has 3 rings (SSSR count). The second-order valence-corrected chi connectivity index (χ2v) is 7.44. The number of piperidine rings is 1. The average Bonchev–Trinajstić information content (AvgIpc) is 3.45. The highest BCUT2D eigenvalue weighted by Gasteiger charge is 2.22. The number of benzene rings is 1. The molecule has 0 bridgehead atoms. The molecule has 2 fully saturated rings. The molecule has 2 N–H and O–H groups in total. The van der Waals surface area contributed by atoms with E-state index in [4.69, 9.17) is 4.74 Å². The van der Waals surface area contributed by atoms with Crippen LogP contribution >= 0.6 is 0 Å². The quantitative estimate of drug-likeness (QED) is 0.589. The first-order valence-corrected chi connectivity index (χ1v) is 9.58. The van der Waals surface area contributed by atoms with Crippen molar-refractivity contribution in [3.8, 4) is 5.75 Å². The van der Waals surface area contributed by atoms with Crippen molar-refractivity contribution < 1.29 is 4.74 Å². The summed E-state index contributed by atoms with van der Waals surface area (Å²) in [6.07, 6.45) is 5.22. The topological polar surface area (TPSA) is 48.9 Å². The van der Waals surface area contributed by atoms with E-state index in [9.17, 15) is 0 Å². The Hall–Kier alpha value is -1.75. The van der Waals surface area contributed by atoms with E-state index < -0.39 is 0 Å². The van der Waals surface area contributed by atoms with E-state index in [1.54, 1.807) is 0 Å². The number of nitrogens with one attached hydrogen (secondary N) is 2. The van der Waals surface area contributed by atoms with Gasteiger partial charge < -0.3 is 20.3 Å². The zero-order valence-corrected chi connectivity index (χ0v) is 15.6. The predicted molar refractivity (Wildman–Crippen MR) is 103 cm³/mol. The summed E-state index contributed by atoms with van der Waals surface area (Å²) in [6, 6.07) is 8.29. The van der Waals surface area contributed by atoms with Gasteiger partial charge in [0.1, 0.15) is 5.75 Å². The lowest BCUT2D eigenvalue weighted by Gasteiger charge is -2.30. The number of guanidine groups is 1. The Morgan fingerprint density at radius 2 is 2.04 bits per heavy atom. The minimum Gasteiger partial charge on any atom is -0.493 e. The summed E-state index contributed by atoms with van der Waals surface area (Å²) < 4.78 is 5.99. The number of hydrogen-bond donors (Lipinski definition) is 2. The molecule has 0 radical (unpaired) electrons. The zero-order valence-electron chi connectivity index (χ0n) is 15.6. The lowest BCUT2D eigenvalue weighted by Crippen LogP contribution is -2.43. The molecular formula is C20H32N4O. The third kappa shape index (κ3) is 5.92. The number of ether oxygens (including phenoxy) is 1. The highest BCUT2D eigenvalue weighted by Crippen LogP contribution is 2.30. The summed E-state index contributed by atoms with van der Waals surface area (Å²) in [7, 11) is 4.04. The molecule has 2 aliphatic rings. The largest absolute Gasteiger partial charge is 0.493 e. The van der Waals surface area contributed by atoms with Gasteiger partial charge in [-0.3, -0.25) is 4.99 Å². The Kier molecular flexibility index (Phi) is 6.56. The van der Waals surface area contributed by atoms with Gasteiger partial charge in [0.15, 0.2) is 5.96 Å². The summed E-state index contributed by atoms with van der Waals surface area (Å²) in [6.45, 7) is 4.94. The normalized spacial score (nSPS) is 21.8. The number of rotatable bonds is 7. The van der Waals surface area contributed by atoms with Gasteiger partial charge in [0.05, 0.1) is 6.61 Å². The molecular weight excluding hydrogens is 312 g/mol. The van der Waals surface area contributed by atoms with Gasteiger partial charge in [-0.25, -0.2) is 0 Å². The van der Waals surface area contributed by atoms with Crippen molar-refractivity contribution in [2.45, 2.75) is 32.2 Å². The van der Waals surface area contributed by atoms with Gasteiger partial charge >= 0.3 is 0 Å². The predicted octanol–water partition coefficient (Wildman–Crippen LogP) is 2.48. The fourth-order valence-electron chi connectivity index (χ4n) is 3.36. The smallest absolute Gasteiger partial charge is 0.191 e. The van der Waals surface area contributed by atoms with Crippen molar-refractivity contribution in [1.82, 2.24) is 15.5 Å². The van der Waals surface area contributed by atoms with E-state index in [1.807, 2.05) is 13.1 Å². The second kappa shape index (κ2) is 9.09. The van der Waals surface area contributed by atoms with Crippen molar-refractivity contribution in [3.63, 3.8) is 0 Å². The van der Waals surface area contributed by atoms with Gasteiger partial charge in [0, 0.05) is 32.2 Å². The van der Waals surface area contributed by atoms with Gasteiger partial charge in [-0.05, 0) is 57.2 Å². The van der Waals surface area contributed by atoms with Crippen LogP contribution in [0, 0.1) is 11.8 Å². The summed E-state index contributed by atoms with van der Waals surface area (Å²) in [5.41, 5.74) is 1.18. The highest BCUT2D eigenvalue weighted by molar-refractivity contribution is 5.79. The number of likely N-dealkylation sites (tertiary alicyclic amines) is 1. The maximum absolute atomic E-state index is 5.99. The van der Waals surface area contributed by atoms with Crippen LogP contribution in [0.25, 0.3) is 0 Å². The lowest BCUT2D eigenvalue weighted by molar-refractivity contribution is 0.210. The SMILES string of the molecule is CN=C(NCc1ccccc1OCC1CC1)NCC1CCCN(C)C1. The minimum absolute atomic E-state index is 0.700. The summed E-state index contributed by atoms with van der Waals surface area (Å²) >= 11 is 0. The van der Waals surface area contributed by atoms with Gasteiger partial charge in [0.2, 0.25) is 0 Å². The second-order valence-electron chi connectivity index (χ2n) is 7.44. The highest BCUT2D eigenvalue weighted by atomic mass is 16.5. The molecule has 5 nitrogen and oxygen atoms in total. The molecule has 1 heterocycles. The number of aliphatic imine (C=N–C) groups is 1. The maximum Gasteiger partial charge on any atom is 0.191 e. The molecule has 5 heteroatoms. The van der Waals surface area contributed by atoms with Gasteiger partial charge in [-0.2, -0.15) is 0 Å². The van der Waals surface area contributed by atoms with Crippen LogP contribution in [0.5, 0.6) is 5.75 Å². The fourth-order valence-corrected chi connectivity index (χ4v) is 3.36. The number of nitrogens with zero attached hydrogens (tertiary/aromatic N) is 2. The summed E-state index contributed by atoms with van der Waals surface area (Å²) in [5, 5.41) is 6.91. The maximum atomic E-state index is 5.99. The Morgan fingerprint density at radius 3 is 2.80 bits per heavy atom. The van der Waals surface area contributed by atoms with Crippen molar-refractivity contribution >= 4 is 5.96 Å². The first-order valence-electron chi connectivity index (χ1n) is 9.58. The van der Waals surface area contributed by atoms with Crippen LogP contribution < -0.4 is 15.4 Å². The Morgan fingerprint density at radius 1 is 1.20 bits per heavy atom. The first kappa shape index (κ1) is 18.1. The molecule has 0 aromatic heterocycles. The molecule has 138 valence electrons. The van der Waals surface area contributed by atoms with Crippen molar-refractivity contribution in [2.24, 2.45) is 16.8 Å². The molecule has 1 saturated heterocycles. The van der Waals surface area contributed by atoms with E-state index in [0.29, 0.717) is 5.92 Å². The monoisotopic (exact) mass is 344 g/mol. The van der Waals surface area contributed by atoms with E-state index in [0.717, 1.165) is 37.3 Å². The van der Waals surface area contributed by atoms with Crippen LogP contribution in [0.15, 0.2) is 29.3 Å². The molecule has 1 aromatic carbocycles. The summed E-state index contributed by atoms with van der Waals surface area (Å²) in [5.74, 6) is 3.33. The van der Waals surface area contributed by atoms with Crippen molar-refractivity contribution in [1.29, 1.82) is 0 Å². The van der Waals surface area contributed by atoms with Crippen LogP contribution in [0.2, 0.25) is 0 Å². The van der Waals surface area contributed by atoms with Crippen LogP contribution in [0.4, 0.5) is 0 Å². The Balaban J connectivity index is 1.45. The standard InChI is InChI=1S/C20H32N4O/c1-21-20(22-12-17-6-5-11-24(2)14-17)23-13-18-7-3-4-8-19(18)25-15-16-9-10-16/h3-4,7-8,16-17H,5-6,9-15H2,1-2H3,(H2,21,22,23). The van der Waals surface area contributed by atoms with Crippen LogP contribution in [-0.2, 0) is 6.54 Å². The van der Waals surface area contributed by atoms with E-state index in [-0.39, 0.29) is 0 Å². The summed E-state index contributed by atoms with van der Waals surface area (Å²) in [4.78, 5) is 6.78. The van der Waals surface area contributed by atoms with Crippen molar-refractivity contribution in [3.05, 3.63) is 29.8 Å². The van der Waals surface area contributed by atoms with Crippen LogP contribution in [0.3, 0.4) is 0 Å². The average molecular weight is 345 g/mol. The van der Waals surface area contributed by atoms with Crippen LogP contribution in [0.1, 0.15) is 31.2 Å². The number of hydrogen-bond acceptors (Lipinski definition) is 3.